The summed E-state index contributed by atoms with van der Waals surface area (Å²) in [6, 6.07) is 0. The quantitative estimate of drug-likeness (QED) is 0.0214. The molecule has 0 amide bonds. The maximum atomic E-state index is 12.8. The molecule has 0 aliphatic carbocycles. The summed E-state index contributed by atoms with van der Waals surface area (Å²) in [6.07, 6.45) is 58.7. The van der Waals surface area contributed by atoms with Gasteiger partial charge in [-0.05, 0) is 51.4 Å². The molecule has 0 radical (unpaired) electrons. The number of ether oxygens (including phenoxy) is 2. The van der Waals surface area contributed by atoms with Crippen LogP contribution in [-0.4, -0.2) is 75.6 Å². The highest BCUT2D eigenvalue weighted by Gasteiger charge is 2.26. The van der Waals surface area contributed by atoms with Crippen molar-refractivity contribution < 1.29 is 37.3 Å². The first-order valence-corrected chi connectivity index (χ1v) is 27.9. The lowest BCUT2D eigenvalue weighted by Gasteiger charge is -2.24. The summed E-state index contributed by atoms with van der Waals surface area (Å²) < 4.78 is 35.2. The molecule has 0 aliphatic heterocycles. The second kappa shape index (κ2) is 47.0. The third-order valence-electron chi connectivity index (χ3n) is 11.4. The van der Waals surface area contributed by atoms with Crippen LogP contribution in [0.4, 0.5) is 0 Å². The zero-order chi connectivity index (χ0) is 46.2. The average Bonchev–Trinajstić information content (AvgIpc) is 3.24. The molecule has 8 nitrogen and oxygen atoms in total. The summed E-state index contributed by atoms with van der Waals surface area (Å²) in [5.41, 5.74) is 0. The van der Waals surface area contributed by atoms with Crippen LogP contribution in [0.15, 0.2) is 48.6 Å². The first kappa shape index (κ1) is 61.5. The summed E-state index contributed by atoms with van der Waals surface area (Å²) >= 11 is 0. The Morgan fingerprint density at radius 1 is 0.508 bits per heavy atom. The van der Waals surface area contributed by atoms with Crippen LogP contribution in [0.3, 0.4) is 0 Å². The van der Waals surface area contributed by atoms with E-state index in [1.165, 1.54) is 154 Å². The van der Waals surface area contributed by atoms with Crippen molar-refractivity contribution in [3.63, 3.8) is 0 Å². The Morgan fingerprint density at radius 3 is 1.38 bits per heavy atom. The number of carbonyl (C=O) groups is 1. The molecule has 0 aliphatic rings. The first-order chi connectivity index (χ1) is 30.6. The number of rotatable bonds is 49. The van der Waals surface area contributed by atoms with Crippen molar-refractivity contribution in [2.75, 3.05) is 54.1 Å². The van der Waals surface area contributed by atoms with Crippen molar-refractivity contribution in [3.8, 4) is 0 Å². The molecule has 63 heavy (non-hydrogen) atoms. The van der Waals surface area contributed by atoms with Gasteiger partial charge in [-0.25, -0.2) is 4.57 Å². The fourth-order valence-electron chi connectivity index (χ4n) is 7.37. The molecule has 0 saturated carbocycles. The molecular weight excluding hydrogens is 806 g/mol. The number of hydrogen-bond acceptors (Lipinski definition) is 6. The van der Waals surface area contributed by atoms with E-state index in [2.05, 4.69) is 62.5 Å². The minimum absolute atomic E-state index is 0.0876. The van der Waals surface area contributed by atoms with Crippen LogP contribution in [0.25, 0.3) is 0 Å². The van der Waals surface area contributed by atoms with Gasteiger partial charge in [-0.1, -0.05) is 223 Å². The number of phosphoric acid groups is 1. The van der Waals surface area contributed by atoms with Gasteiger partial charge in [0, 0.05) is 13.0 Å². The minimum atomic E-state index is -4.28. The maximum absolute atomic E-state index is 12.8. The zero-order valence-electron chi connectivity index (χ0n) is 42.1. The van der Waals surface area contributed by atoms with Crippen LogP contribution in [0.1, 0.15) is 232 Å². The lowest BCUT2D eigenvalue weighted by molar-refractivity contribution is -0.870. The third kappa shape index (κ3) is 51.3. The lowest BCUT2D eigenvalue weighted by atomic mass is 10.0. The molecule has 9 heteroatoms. The predicted octanol–water partition coefficient (Wildman–Crippen LogP) is 16.3. The molecule has 0 aromatic heterocycles. The number of unbranched alkanes of at least 4 members (excludes halogenated alkanes) is 27. The number of carbonyl (C=O) groups excluding carboxylic acids is 1. The van der Waals surface area contributed by atoms with Crippen LogP contribution in [0, 0.1) is 0 Å². The number of phosphoric ester groups is 1. The first-order valence-electron chi connectivity index (χ1n) is 26.4. The van der Waals surface area contributed by atoms with Gasteiger partial charge in [0.15, 0.2) is 0 Å². The Kier molecular flexibility index (Phi) is 45.8. The number of nitrogens with zero attached hydrogens (tertiary/aromatic N) is 1. The highest BCUT2D eigenvalue weighted by Crippen LogP contribution is 2.43. The van der Waals surface area contributed by atoms with Gasteiger partial charge in [-0.2, -0.15) is 0 Å². The molecule has 0 spiro atoms. The Hall–Kier alpha value is -1.54. The van der Waals surface area contributed by atoms with Crippen LogP contribution in [0.2, 0.25) is 0 Å². The fourth-order valence-corrected chi connectivity index (χ4v) is 8.11. The minimum Gasteiger partial charge on any atom is -0.457 e. The van der Waals surface area contributed by atoms with Gasteiger partial charge in [0.1, 0.15) is 19.3 Å². The van der Waals surface area contributed by atoms with E-state index in [1.54, 1.807) is 0 Å². The van der Waals surface area contributed by atoms with Crippen molar-refractivity contribution in [1.29, 1.82) is 0 Å². The molecule has 370 valence electrons. The normalized spacial score (nSPS) is 13.9. The molecule has 0 heterocycles. The van der Waals surface area contributed by atoms with Gasteiger partial charge < -0.3 is 18.9 Å². The van der Waals surface area contributed by atoms with Gasteiger partial charge in [-0.15, -0.1) is 0 Å². The van der Waals surface area contributed by atoms with E-state index in [0.29, 0.717) is 24.1 Å². The van der Waals surface area contributed by atoms with Crippen LogP contribution >= 0.6 is 7.82 Å². The fraction of sp³-hybridized carbons (Fsp3) is 0.833. The summed E-state index contributed by atoms with van der Waals surface area (Å²) in [4.78, 5) is 23.0. The van der Waals surface area contributed by atoms with Gasteiger partial charge in [-0.3, -0.25) is 13.8 Å². The van der Waals surface area contributed by atoms with E-state index >= 15 is 0 Å². The van der Waals surface area contributed by atoms with E-state index in [4.69, 9.17) is 18.5 Å². The van der Waals surface area contributed by atoms with Crippen molar-refractivity contribution in [2.24, 2.45) is 0 Å². The van der Waals surface area contributed by atoms with Crippen molar-refractivity contribution in [3.05, 3.63) is 48.6 Å². The monoisotopic (exact) mass is 909 g/mol. The summed E-state index contributed by atoms with van der Waals surface area (Å²) in [7, 11) is 1.67. The molecule has 0 saturated heterocycles. The van der Waals surface area contributed by atoms with E-state index in [9.17, 15) is 14.3 Å². The Bertz CT molecular complexity index is 1150. The van der Waals surface area contributed by atoms with Gasteiger partial charge >= 0.3 is 13.8 Å². The molecule has 0 aromatic rings. The van der Waals surface area contributed by atoms with Gasteiger partial charge in [0.25, 0.3) is 0 Å². The van der Waals surface area contributed by atoms with E-state index in [-0.39, 0.29) is 25.8 Å². The topological polar surface area (TPSA) is 91.3 Å². The summed E-state index contributed by atoms with van der Waals surface area (Å²) in [5, 5.41) is 0. The van der Waals surface area contributed by atoms with Crippen molar-refractivity contribution in [2.45, 2.75) is 238 Å². The number of allylic oxidation sites excluding steroid dienone is 8. The third-order valence-corrected chi connectivity index (χ3v) is 12.4. The molecule has 2 unspecified atom stereocenters. The SMILES string of the molecule is CC/C=C\C/C=C\C/C=C\C/C=C\CCCCCCCCCCCOCC(COP(=O)(O)OCC[N+](C)(C)C)OC(=O)CCCCCCCCCCCCCCCCCCCCC. The zero-order valence-corrected chi connectivity index (χ0v) is 43.0. The standard InChI is InChI=1S/C54H102NO7P/c1-6-8-10-12-14-16-18-20-22-24-26-27-28-30-32-34-36-38-40-42-44-46-49-59-51-53(52-61-63(57,58)60-50-48-55(3,4)5)62-54(56)47-45-43-41-39-37-35-33-31-29-25-23-21-19-17-15-13-11-9-7-2/h8,10,14,16,20,22,26-27,53H,6-7,9,11-13,15,17-19,21,23-25,28-52H2,1-5H3/p+1/b10-8-,16-14-,22-20-,27-26-. The van der Waals surface area contributed by atoms with E-state index < -0.39 is 13.9 Å². The summed E-state index contributed by atoms with van der Waals surface area (Å²) in [6.45, 7) is 5.53. The van der Waals surface area contributed by atoms with E-state index in [0.717, 1.165) is 57.8 Å². The van der Waals surface area contributed by atoms with Crippen LogP contribution < -0.4 is 0 Å². The number of hydrogen-bond donors (Lipinski definition) is 1. The second-order valence-corrected chi connectivity index (χ2v) is 20.3. The smallest absolute Gasteiger partial charge is 0.457 e. The molecule has 0 fully saturated rings. The molecular formula is C54H103NO7P+. The van der Waals surface area contributed by atoms with Crippen LogP contribution in [0.5, 0.6) is 0 Å². The Balaban J connectivity index is 4.12. The Labute approximate surface area is 390 Å². The largest absolute Gasteiger partial charge is 0.472 e. The van der Waals surface area contributed by atoms with Crippen molar-refractivity contribution in [1.82, 2.24) is 0 Å². The molecule has 1 N–H and O–H groups in total. The maximum Gasteiger partial charge on any atom is 0.472 e. The number of esters is 1. The summed E-state index contributed by atoms with van der Waals surface area (Å²) in [5.74, 6) is -0.312. The molecule has 0 bridgehead atoms. The lowest BCUT2D eigenvalue weighted by Crippen LogP contribution is -2.37. The molecule has 2 atom stereocenters. The second-order valence-electron chi connectivity index (χ2n) is 18.9. The highest BCUT2D eigenvalue weighted by molar-refractivity contribution is 7.47. The van der Waals surface area contributed by atoms with Gasteiger partial charge in [0.2, 0.25) is 0 Å². The Morgan fingerprint density at radius 2 is 0.921 bits per heavy atom. The molecule has 0 rings (SSSR count). The van der Waals surface area contributed by atoms with Gasteiger partial charge in [0.05, 0.1) is 34.4 Å². The molecule has 0 aromatic carbocycles. The highest BCUT2D eigenvalue weighted by atomic mass is 31.2. The predicted molar refractivity (Wildman–Crippen MR) is 270 cm³/mol. The van der Waals surface area contributed by atoms with Crippen LogP contribution in [-0.2, 0) is 27.9 Å². The van der Waals surface area contributed by atoms with E-state index in [1.807, 2.05) is 21.1 Å². The average molecular weight is 909 g/mol. The number of likely N-dealkylation sites (N-methyl/N-ethyl adjacent to an activating group) is 1. The van der Waals surface area contributed by atoms with Crippen molar-refractivity contribution >= 4 is 13.8 Å². The number of quaternary nitrogens is 1.